The third kappa shape index (κ3) is 2.12. The van der Waals surface area contributed by atoms with Crippen molar-refractivity contribution in [2.24, 2.45) is 0 Å². The molecule has 1 aliphatic heterocycles. The Kier molecular flexibility index (Phi) is 2.83. The van der Waals surface area contributed by atoms with Gasteiger partial charge in [-0.15, -0.1) is 0 Å². The number of hydrogen-bond acceptors (Lipinski definition) is 3. The van der Waals surface area contributed by atoms with Crippen molar-refractivity contribution < 1.29 is 14.8 Å². The molecule has 0 radical (unpaired) electrons. The molecule has 2 aromatic carbocycles. The van der Waals surface area contributed by atoms with E-state index < -0.39 is 0 Å². The van der Waals surface area contributed by atoms with E-state index in [9.17, 15) is 10.2 Å². The molecule has 2 aromatic rings. The molecule has 1 heterocycles. The van der Waals surface area contributed by atoms with E-state index in [1.54, 1.807) is 24.3 Å². The third-order valence-electron chi connectivity index (χ3n) is 3.24. The van der Waals surface area contributed by atoms with Crippen molar-refractivity contribution in [2.45, 2.75) is 0 Å². The molecular weight excluding hydrogens is 240 g/mol. The molecule has 4 nitrogen and oxygen atoms in total. The van der Waals surface area contributed by atoms with Crippen molar-refractivity contribution in [1.29, 1.82) is 0 Å². The summed E-state index contributed by atoms with van der Waals surface area (Å²) in [7, 11) is 0. The van der Waals surface area contributed by atoms with Crippen LogP contribution < -0.4 is 4.90 Å². The van der Waals surface area contributed by atoms with Gasteiger partial charge in [0, 0.05) is 0 Å². The van der Waals surface area contributed by atoms with Crippen LogP contribution in [-0.2, 0) is 0 Å². The lowest BCUT2D eigenvalue weighted by Crippen LogP contribution is -2.17. The van der Waals surface area contributed by atoms with E-state index in [0.717, 1.165) is 24.5 Å². The summed E-state index contributed by atoms with van der Waals surface area (Å²) < 4.78 is 1.97. The van der Waals surface area contributed by atoms with Crippen LogP contribution in [0.2, 0.25) is 0 Å². The molecule has 0 amide bonds. The first-order valence-corrected chi connectivity index (χ1v) is 6.20. The zero-order chi connectivity index (χ0) is 13.2. The maximum Gasteiger partial charge on any atom is 0.245 e. The summed E-state index contributed by atoms with van der Waals surface area (Å²) in [4.78, 5) is 1.97. The van der Waals surface area contributed by atoms with E-state index in [1.807, 2.05) is 40.1 Å². The van der Waals surface area contributed by atoms with Gasteiger partial charge in [-0.3, -0.25) is 0 Å². The van der Waals surface area contributed by atoms with Crippen LogP contribution in [0.5, 0.6) is 11.5 Å². The van der Waals surface area contributed by atoms with E-state index >= 15 is 0 Å². The molecule has 3 rings (SSSR count). The number of nitrogens with zero attached hydrogens (tertiary/aromatic N) is 2. The molecule has 4 heteroatoms. The number of para-hydroxylation sites is 4. The Morgan fingerprint density at radius 2 is 1.58 bits per heavy atom. The highest BCUT2D eigenvalue weighted by atomic mass is 16.3. The van der Waals surface area contributed by atoms with Gasteiger partial charge < -0.3 is 10.2 Å². The monoisotopic (exact) mass is 255 g/mol. The number of hydrogen-bond donors (Lipinski definition) is 2. The SMILES string of the molecule is Oc1ccccc1N1C=[N+](c2ccccc2O)CC1. The normalized spacial score (nSPS) is 14.5. The smallest absolute Gasteiger partial charge is 0.245 e. The highest BCUT2D eigenvalue weighted by Gasteiger charge is 2.25. The standard InChI is InChI=1S/C15H14N2O2/c18-14-7-3-1-5-12(14)16-9-10-17(11-16)13-6-2-4-8-15(13)19/h1-8,11H,9-10H2,(H-,18,19)/p+1. The Hall–Kier alpha value is -2.49. The molecule has 0 aromatic heterocycles. The fourth-order valence-corrected chi connectivity index (χ4v) is 2.28. The van der Waals surface area contributed by atoms with Crippen molar-refractivity contribution in [3.8, 4) is 11.5 Å². The van der Waals surface area contributed by atoms with Crippen molar-refractivity contribution in [3.05, 3.63) is 48.5 Å². The lowest BCUT2D eigenvalue weighted by atomic mass is 10.3. The Balaban J connectivity index is 1.94. The van der Waals surface area contributed by atoms with Crippen LogP contribution in [0.4, 0.5) is 11.4 Å². The van der Waals surface area contributed by atoms with E-state index in [2.05, 4.69) is 0 Å². The predicted molar refractivity (Wildman–Crippen MR) is 74.4 cm³/mol. The van der Waals surface area contributed by atoms with Gasteiger partial charge >= 0.3 is 0 Å². The van der Waals surface area contributed by atoms with Crippen molar-refractivity contribution in [1.82, 2.24) is 0 Å². The predicted octanol–water partition coefficient (Wildman–Crippen LogP) is 2.29. The maximum absolute atomic E-state index is 9.85. The van der Waals surface area contributed by atoms with Crippen LogP contribution in [0.3, 0.4) is 0 Å². The summed E-state index contributed by atoms with van der Waals surface area (Å²) in [6.45, 7) is 1.54. The number of anilines is 1. The molecule has 0 unspecified atom stereocenters. The molecule has 2 N–H and O–H groups in total. The lowest BCUT2D eigenvalue weighted by Gasteiger charge is -2.07. The molecule has 0 saturated heterocycles. The van der Waals surface area contributed by atoms with E-state index in [0.29, 0.717) is 0 Å². The lowest BCUT2D eigenvalue weighted by molar-refractivity contribution is -0.424. The van der Waals surface area contributed by atoms with Gasteiger partial charge in [0.05, 0.1) is 0 Å². The van der Waals surface area contributed by atoms with Gasteiger partial charge in [-0.05, 0) is 24.3 Å². The van der Waals surface area contributed by atoms with Crippen LogP contribution in [-0.4, -0.2) is 34.2 Å². The molecular formula is C15H15N2O2+. The van der Waals surface area contributed by atoms with Crippen LogP contribution in [0.1, 0.15) is 0 Å². The second kappa shape index (κ2) is 4.65. The fraction of sp³-hybridized carbons (Fsp3) is 0.133. The Bertz CT molecular complexity index is 638. The van der Waals surface area contributed by atoms with Crippen molar-refractivity contribution in [3.63, 3.8) is 0 Å². The zero-order valence-corrected chi connectivity index (χ0v) is 10.4. The third-order valence-corrected chi connectivity index (χ3v) is 3.24. The summed E-state index contributed by atoms with van der Waals surface area (Å²) in [6, 6.07) is 14.5. The summed E-state index contributed by atoms with van der Waals surface area (Å²) in [5.41, 5.74) is 1.56. The molecule has 0 spiro atoms. The Morgan fingerprint density at radius 3 is 2.32 bits per heavy atom. The topological polar surface area (TPSA) is 46.7 Å². The van der Waals surface area contributed by atoms with Gasteiger partial charge in [-0.1, -0.05) is 24.3 Å². The van der Waals surface area contributed by atoms with Crippen molar-refractivity contribution in [2.75, 3.05) is 18.0 Å². The van der Waals surface area contributed by atoms with E-state index in [1.165, 1.54) is 0 Å². The summed E-state index contributed by atoms with van der Waals surface area (Å²) in [5, 5.41) is 19.7. The number of benzene rings is 2. The summed E-state index contributed by atoms with van der Waals surface area (Å²) in [6.07, 6.45) is 1.91. The molecule has 0 saturated carbocycles. The molecule has 0 atom stereocenters. The maximum atomic E-state index is 9.85. The minimum atomic E-state index is 0.262. The van der Waals surface area contributed by atoms with Crippen molar-refractivity contribution >= 4 is 17.7 Å². The molecule has 1 aliphatic rings. The molecule has 0 fully saturated rings. The first-order chi connectivity index (χ1) is 9.25. The largest absolute Gasteiger partial charge is 0.504 e. The Morgan fingerprint density at radius 1 is 0.895 bits per heavy atom. The zero-order valence-electron chi connectivity index (χ0n) is 10.4. The molecule has 96 valence electrons. The van der Waals surface area contributed by atoms with Gasteiger partial charge in [0.15, 0.2) is 22.9 Å². The van der Waals surface area contributed by atoms with Gasteiger partial charge in [-0.2, -0.15) is 0 Å². The minimum absolute atomic E-state index is 0.262. The highest BCUT2D eigenvalue weighted by Crippen LogP contribution is 2.30. The summed E-state index contributed by atoms with van der Waals surface area (Å²) in [5.74, 6) is 0.524. The van der Waals surface area contributed by atoms with E-state index in [-0.39, 0.29) is 11.5 Å². The average Bonchev–Trinajstić information content (AvgIpc) is 2.89. The Labute approximate surface area is 111 Å². The van der Waals surface area contributed by atoms with E-state index in [4.69, 9.17) is 0 Å². The first-order valence-electron chi connectivity index (χ1n) is 6.20. The van der Waals surface area contributed by atoms with Crippen LogP contribution >= 0.6 is 0 Å². The van der Waals surface area contributed by atoms with Gasteiger partial charge in [0.1, 0.15) is 13.1 Å². The number of aromatic hydroxyl groups is 2. The quantitative estimate of drug-likeness (QED) is 0.809. The first kappa shape index (κ1) is 11.6. The second-order valence-electron chi connectivity index (χ2n) is 4.48. The van der Waals surface area contributed by atoms with Crippen LogP contribution in [0.15, 0.2) is 48.5 Å². The fourth-order valence-electron chi connectivity index (χ4n) is 2.28. The van der Waals surface area contributed by atoms with Gasteiger partial charge in [-0.25, -0.2) is 9.48 Å². The van der Waals surface area contributed by atoms with Crippen LogP contribution in [0.25, 0.3) is 0 Å². The van der Waals surface area contributed by atoms with Gasteiger partial charge in [0.25, 0.3) is 0 Å². The summed E-state index contributed by atoms with van der Waals surface area (Å²) >= 11 is 0. The van der Waals surface area contributed by atoms with Crippen LogP contribution in [0, 0.1) is 0 Å². The highest BCUT2D eigenvalue weighted by molar-refractivity contribution is 5.81. The minimum Gasteiger partial charge on any atom is -0.504 e. The second-order valence-corrected chi connectivity index (χ2v) is 4.48. The average molecular weight is 255 g/mol. The number of rotatable bonds is 2. The van der Waals surface area contributed by atoms with Gasteiger partial charge in [0.2, 0.25) is 6.34 Å². The molecule has 0 bridgehead atoms. The molecule has 0 aliphatic carbocycles. The number of phenolic OH excluding ortho intramolecular Hbond substituents is 2. The molecule has 19 heavy (non-hydrogen) atoms. The number of phenols is 2.